The number of hydrogen-bond donors (Lipinski definition) is 0. The quantitative estimate of drug-likeness (QED) is 0.746. The molecule has 5 heteroatoms. The second-order valence-electron chi connectivity index (χ2n) is 5.93. The van der Waals surface area contributed by atoms with Crippen LogP contribution >= 0.6 is 27.5 Å². The van der Waals surface area contributed by atoms with Crippen molar-refractivity contribution in [3.8, 4) is 0 Å². The Bertz CT molecular complexity index is 672. The van der Waals surface area contributed by atoms with Crippen molar-refractivity contribution >= 4 is 27.5 Å². The van der Waals surface area contributed by atoms with Crippen LogP contribution in [0, 0.1) is 5.82 Å². The van der Waals surface area contributed by atoms with E-state index in [4.69, 9.17) is 11.6 Å². The molecular weight excluding hydrogens is 379 g/mol. The molecule has 1 saturated heterocycles. The number of benzene rings is 2. The zero-order chi connectivity index (χ0) is 16.2. The molecule has 122 valence electrons. The lowest BCUT2D eigenvalue weighted by Gasteiger charge is -2.34. The first-order valence-electron chi connectivity index (χ1n) is 7.73. The third kappa shape index (κ3) is 4.77. The fraction of sp³-hybridized carbons (Fsp3) is 0.333. The van der Waals surface area contributed by atoms with Gasteiger partial charge in [0.25, 0.3) is 0 Å². The van der Waals surface area contributed by atoms with Gasteiger partial charge in [0.1, 0.15) is 5.82 Å². The Hall–Kier alpha value is -0.940. The number of rotatable bonds is 4. The van der Waals surface area contributed by atoms with Gasteiger partial charge in [-0.2, -0.15) is 0 Å². The van der Waals surface area contributed by atoms with E-state index in [9.17, 15) is 4.39 Å². The Kier molecular flexibility index (Phi) is 5.70. The molecule has 0 spiro atoms. The van der Waals surface area contributed by atoms with E-state index < -0.39 is 0 Å². The Balaban J connectivity index is 1.51. The molecule has 1 fully saturated rings. The summed E-state index contributed by atoms with van der Waals surface area (Å²) in [5.41, 5.74) is 2.40. The number of halogens is 3. The molecule has 2 aromatic rings. The zero-order valence-electron chi connectivity index (χ0n) is 12.8. The van der Waals surface area contributed by atoms with Crippen molar-refractivity contribution in [3.63, 3.8) is 0 Å². The minimum Gasteiger partial charge on any atom is -0.297 e. The molecule has 1 heterocycles. The Labute approximate surface area is 150 Å². The molecular formula is C18H19BrClFN2. The number of nitrogens with zero attached hydrogens (tertiary/aromatic N) is 2. The van der Waals surface area contributed by atoms with Crippen molar-refractivity contribution < 1.29 is 4.39 Å². The predicted octanol–water partition coefficient (Wildman–Crippen LogP) is 4.56. The summed E-state index contributed by atoms with van der Waals surface area (Å²) in [6, 6.07) is 13.5. The molecule has 0 bridgehead atoms. The van der Waals surface area contributed by atoms with Crippen LogP contribution in [-0.4, -0.2) is 36.0 Å². The van der Waals surface area contributed by atoms with Gasteiger partial charge in [-0.25, -0.2) is 4.39 Å². The van der Waals surface area contributed by atoms with Crippen molar-refractivity contribution in [2.24, 2.45) is 0 Å². The maximum atomic E-state index is 13.2. The van der Waals surface area contributed by atoms with E-state index in [1.807, 2.05) is 6.07 Å². The smallest absolute Gasteiger partial charge is 0.141 e. The highest BCUT2D eigenvalue weighted by atomic mass is 79.9. The summed E-state index contributed by atoms with van der Waals surface area (Å²) in [7, 11) is 0. The Morgan fingerprint density at radius 2 is 1.52 bits per heavy atom. The first kappa shape index (κ1) is 16.9. The fourth-order valence-electron chi connectivity index (χ4n) is 2.90. The summed E-state index contributed by atoms with van der Waals surface area (Å²) in [6.07, 6.45) is 0. The summed E-state index contributed by atoms with van der Waals surface area (Å²) >= 11 is 9.37. The van der Waals surface area contributed by atoms with Gasteiger partial charge >= 0.3 is 0 Å². The molecule has 0 unspecified atom stereocenters. The third-order valence-electron chi connectivity index (χ3n) is 4.15. The van der Waals surface area contributed by atoms with E-state index in [1.54, 1.807) is 6.07 Å². The normalized spacial score (nSPS) is 16.7. The largest absolute Gasteiger partial charge is 0.297 e. The minimum absolute atomic E-state index is 0.204. The fourth-order valence-corrected chi connectivity index (χ4v) is 3.55. The topological polar surface area (TPSA) is 6.48 Å². The van der Waals surface area contributed by atoms with Gasteiger partial charge in [-0.05, 0) is 35.4 Å². The summed E-state index contributed by atoms with van der Waals surface area (Å²) in [5.74, 6) is -0.353. The summed E-state index contributed by atoms with van der Waals surface area (Å²) in [6.45, 7) is 5.93. The molecule has 0 radical (unpaired) electrons. The van der Waals surface area contributed by atoms with Gasteiger partial charge in [0.2, 0.25) is 0 Å². The zero-order valence-corrected chi connectivity index (χ0v) is 15.2. The third-order valence-corrected chi connectivity index (χ3v) is 4.93. The molecule has 0 atom stereocenters. The molecule has 0 amide bonds. The average molecular weight is 398 g/mol. The van der Waals surface area contributed by atoms with Crippen LogP contribution in [0.4, 0.5) is 4.39 Å². The van der Waals surface area contributed by atoms with Crippen molar-refractivity contribution in [3.05, 3.63) is 68.9 Å². The van der Waals surface area contributed by atoms with Gasteiger partial charge in [-0.15, -0.1) is 0 Å². The first-order valence-corrected chi connectivity index (χ1v) is 8.90. The van der Waals surface area contributed by atoms with E-state index in [1.165, 1.54) is 11.6 Å². The first-order chi connectivity index (χ1) is 11.1. The molecule has 0 saturated carbocycles. The molecule has 1 aliphatic heterocycles. The van der Waals surface area contributed by atoms with Crippen LogP contribution in [0.1, 0.15) is 11.1 Å². The Morgan fingerprint density at radius 3 is 2.09 bits per heavy atom. The highest BCUT2D eigenvalue weighted by molar-refractivity contribution is 9.10. The van der Waals surface area contributed by atoms with E-state index in [0.717, 1.165) is 49.3 Å². The number of piperazine rings is 1. The van der Waals surface area contributed by atoms with Crippen LogP contribution in [0.2, 0.25) is 5.02 Å². The molecule has 0 N–H and O–H groups in total. The van der Waals surface area contributed by atoms with Gasteiger partial charge < -0.3 is 0 Å². The maximum absolute atomic E-state index is 13.2. The molecule has 2 aromatic carbocycles. The van der Waals surface area contributed by atoms with Crippen LogP contribution in [0.3, 0.4) is 0 Å². The van der Waals surface area contributed by atoms with Crippen LogP contribution < -0.4 is 0 Å². The SMILES string of the molecule is Fc1ccc(CN2CCN(Cc3cccc(Br)c3)CC2)cc1Cl. The van der Waals surface area contributed by atoms with Gasteiger partial charge in [0, 0.05) is 43.7 Å². The second-order valence-corrected chi connectivity index (χ2v) is 7.25. The highest BCUT2D eigenvalue weighted by Gasteiger charge is 2.17. The molecule has 0 aromatic heterocycles. The van der Waals surface area contributed by atoms with Gasteiger partial charge in [0.05, 0.1) is 5.02 Å². The molecule has 2 nitrogen and oxygen atoms in total. The number of hydrogen-bond acceptors (Lipinski definition) is 2. The van der Waals surface area contributed by atoms with Gasteiger partial charge in [-0.3, -0.25) is 9.80 Å². The van der Waals surface area contributed by atoms with E-state index >= 15 is 0 Å². The van der Waals surface area contributed by atoms with Crippen molar-refractivity contribution in [1.29, 1.82) is 0 Å². The molecule has 0 aliphatic carbocycles. The monoisotopic (exact) mass is 396 g/mol. The van der Waals surface area contributed by atoms with Crippen molar-refractivity contribution in [2.75, 3.05) is 26.2 Å². The van der Waals surface area contributed by atoms with Crippen LogP contribution in [0.5, 0.6) is 0 Å². The lowest BCUT2D eigenvalue weighted by Crippen LogP contribution is -2.45. The molecule has 23 heavy (non-hydrogen) atoms. The predicted molar refractivity (Wildman–Crippen MR) is 96.1 cm³/mol. The lowest BCUT2D eigenvalue weighted by atomic mass is 10.1. The molecule has 1 aliphatic rings. The van der Waals surface area contributed by atoms with Gasteiger partial charge in [0.15, 0.2) is 0 Å². The maximum Gasteiger partial charge on any atom is 0.141 e. The van der Waals surface area contributed by atoms with Crippen LogP contribution in [-0.2, 0) is 13.1 Å². The Morgan fingerprint density at radius 1 is 0.913 bits per heavy atom. The minimum atomic E-state index is -0.353. The van der Waals surface area contributed by atoms with Crippen LogP contribution in [0.15, 0.2) is 46.9 Å². The average Bonchev–Trinajstić information content (AvgIpc) is 2.53. The standard InChI is InChI=1S/C18H19BrClFN2/c19-16-3-1-2-14(10-16)12-22-6-8-23(9-7-22)13-15-4-5-18(21)17(20)11-15/h1-5,10-11H,6-9,12-13H2. The second kappa shape index (κ2) is 7.75. The van der Waals surface area contributed by atoms with Crippen molar-refractivity contribution in [1.82, 2.24) is 9.80 Å². The summed E-state index contributed by atoms with van der Waals surface area (Å²) in [5, 5.41) is 0.204. The summed E-state index contributed by atoms with van der Waals surface area (Å²) in [4.78, 5) is 4.86. The van der Waals surface area contributed by atoms with Crippen molar-refractivity contribution in [2.45, 2.75) is 13.1 Å². The molecule has 3 rings (SSSR count). The van der Waals surface area contributed by atoms with Gasteiger partial charge in [-0.1, -0.05) is 45.7 Å². The highest BCUT2D eigenvalue weighted by Crippen LogP contribution is 2.19. The lowest BCUT2D eigenvalue weighted by molar-refractivity contribution is 0.122. The van der Waals surface area contributed by atoms with E-state index in [0.29, 0.717) is 0 Å². The van der Waals surface area contributed by atoms with Crippen LogP contribution in [0.25, 0.3) is 0 Å². The van der Waals surface area contributed by atoms with E-state index in [2.05, 4.69) is 50.0 Å². The van der Waals surface area contributed by atoms with E-state index in [-0.39, 0.29) is 10.8 Å². The summed E-state index contributed by atoms with van der Waals surface area (Å²) < 4.78 is 14.3.